The molecule has 2 aromatic heterocycles. The molecule has 2 aromatic rings. The summed E-state index contributed by atoms with van der Waals surface area (Å²) in [5.74, 6) is -0.256. The fraction of sp³-hybridized carbons (Fsp3) is 0.444. The molecule has 148 valence electrons. The van der Waals surface area contributed by atoms with Gasteiger partial charge >= 0.3 is 11.7 Å². The van der Waals surface area contributed by atoms with Gasteiger partial charge in [-0.05, 0) is 31.4 Å². The molecule has 1 unspecified atom stereocenters. The van der Waals surface area contributed by atoms with Crippen LogP contribution in [0, 0.1) is 16.0 Å². The van der Waals surface area contributed by atoms with Gasteiger partial charge in [0.15, 0.2) is 0 Å². The summed E-state index contributed by atoms with van der Waals surface area (Å²) in [7, 11) is 0. The quantitative estimate of drug-likeness (QED) is 0.433. The van der Waals surface area contributed by atoms with E-state index in [2.05, 4.69) is 20.3 Å². The zero-order valence-corrected chi connectivity index (χ0v) is 15.6. The van der Waals surface area contributed by atoms with Crippen LogP contribution in [0.5, 0.6) is 0 Å². The summed E-state index contributed by atoms with van der Waals surface area (Å²) in [6, 6.07) is 3.66. The Kier molecular flexibility index (Phi) is 6.30. The Hall–Kier alpha value is -3.30. The molecule has 10 heteroatoms. The van der Waals surface area contributed by atoms with Crippen LogP contribution in [-0.2, 0) is 16.1 Å². The summed E-state index contributed by atoms with van der Waals surface area (Å²) in [5.41, 5.74) is 0.674. The monoisotopic (exact) mass is 386 g/mol. The molecule has 0 amide bonds. The van der Waals surface area contributed by atoms with Gasteiger partial charge in [0.25, 0.3) is 0 Å². The number of rotatable bonds is 7. The number of hydrogen-bond acceptors (Lipinski definition) is 9. The summed E-state index contributed by atoms with van der Waals surface area (Å²) < 4.78 is 5.10. The number of carbonyl (C=O) groups excluding carboxylic acids is 1. The molecular weight excluding hydrogens is 364 g/mol. The van der Waals surface area contributed by atoms with E-state index in [4.69, 9.17) is 4.74 Å². The summed E-state index contributed by atoms with van der Waals surface area (Å²) in [5, 5.41) is 14.8. The molecule has 28 heavy (non-hydrogen) atoms. The fourth-order valence-electron chi connectivity index (χ4n) is 3.21. The van der Waals surface area contributed by atoms with Crippen molar-refractivity contribution >= 4 is 23.3 Å². The molecule has 1 aliphatic heterocycles. The number of ether oxygens (including phenoxy) is 1. The van der Waals surface area contributed by atoms with E-state index in [0.717, 1.165) is 12.0 Å². The predicted octanol–water partition coefficient (Wildman–Crippen LogP) is 2.17. The maximum Gasteiger partial charge on any atom is 0.353 e. The lowest BCUT2D eigenvalue weighted by Crippen LogP contribution is -2.40. The highest BCUT2D eigenvalue weighted by Crippen LogP contribution is 2.34. The second kappa shape index (κ2) is 9.07. The van der Waals surface area contributed by atoms with Crippen molar-refractivity contribution in [2.45, 2.75) is 26.3 Å². The van der Waals surface area contributed by atoms with Crippen molar-refractivity contribution < 1.29 is 14.5 Å². The molecule has 0 aliphatic carbocycles. The molecule has 3 heterocycles. The van der Waals surface area contributed by atoms with Crippen molar-refractivity contribution in [2.75, 3.05) is 29.9 Å². The Labute approximate surface area is 162 Å². The summed E-state index contributed by atoms with van der Waals surface area (Å²) in [6.07, 6.45) is 6.05. The average Bonchev–Trinajstić information content (AvgIpc) is 2.73. The molecule has 3 rings (SSSR count). The van der Waals surface area contributed by atoms with Crippen molar-refractivity contribution in [3.05, 3.63) is 46.5 Å². The van der Waals surface area contributed by atoms with E-state index in [1.165, 1.54) is 6.33 Å². The Bertz CT molecular complexity index is 832. The summed E-state index contributed by atoms with van der Waals surface area (Å²) in [4.78, 5) is 37.4. The van der Waals surface area contributed by atoms with E-state index in [-0.39, 0.29) is 29.2 Å². The minimum atomic E-state index is -0.491. The average molecular weight is 386 g/mol. The number of nitrogens with zero attached hydrogens (tertiary/aromatic N) is 5. The number of carbonyl (C=O) groups is 1. The van der Waals surface area contributed by atoms with Gasteiger partial charge < -0.3 is 15.0 Å². The third kappa shape index (κ3) is 4.51. The maximum absolute atomic E-state index is 12.1. The van der Waals surface area contributed by atoms with Gasteiger partial charge in [-0.1, -0.05) is 6.07 Å². The minimum absolute atomic E-state index is 0.136. The second-order valence-corrected chi connectivity index (χ2v) is 6.40. The van der Waals surface area contributed by atoms with Gasteiger partial charge in [0.05, 0.1) is 17.4 Å². The number of nitrogens with one attached hydrogen (secondary N) is 1. The largest absolute Gasteiger partial charge is 0.466 e. The van der Waals surface area contributed by atoms with Gasteiger partial charge in [0.1, 0.15) is 6.33 Å². The molecule has 1 saturated heterocycles. The van der Waals surface area contributed by atoms with Crippen LogP contribution in [0.1, 0.15) is 25.3 Å². The highest BCUT2D eigenvalue weighted by Gasteiger charge is 2.33. The highest BCUT2D eigenvalue weighted by molar-refractivity contribution is 5.75. The SMILES string of the molecule is CCOC(=O)C1CCCN(c2ncnc(NCc3cccnc3)c2[N+](=O)[O-])C1. The zero-order valence-electron chi connectivity index (χ0n) is 15.6. The van der Waals surface area contributed by atoms with Crippen LogP contribution < -0.4 is 10.2 Å². The van der Waals surface area contributed by atoms with Crippen LogP contribution in [0.2, 0.25) is 0 Å². The third-order valence-electron chi connectivity index (χ3n) is 4.51. The van der Waals surface area contributed by atoms with Crippen molar-refractivity contribution in [1.82, 2.24) is 15.0 Å². The van der Waals surface area contributed by atoms with Crippen LogP contribution in [0.25, 0.3) is 0 Å². The summed E-state index contributed by atoms with van der Waals surface area (Å²) in [6.45, 7) is 3.32. The molecule has 10 nitrogen and oxygen atoms in total. The maximum atomic E-state index is 12.1. The number of piperidine rings is 1. The van der Waals surface area contributed by atoms with E-state index in [1.807, 2.05) is 6.07 Å². The second-order valence-electron chi connectivity index (χ2n) is 6.40. The van der Waals surface area contributed by atoms with Crippen molar-refractivity contribution in [1.29, 1.82) is 0 Å². The number of aromatic nitrogens is 3. The fourth-order valence-corrected chi connectivity index (χ4v) is 3.21. The Morgan fingerprint density at radius 1 is 1.46 bits per heavy atom. The molecule has 0 saturated carbocycles. The van der Waals surface area contributed by atoms with Crippen molar-refractivity contribution in [2.24, 2.45) is 5.92 Å². The van der Waals surface area contributed by atoms with Gasteiger partial charge in [0, 0.05) is 32.0 Å². The van der Waals surface area contributed by atoms with Crippen LogP contribution in [0.15, 0.2) is 30.9 Å². The molecule has 1 atom stereocenters. The lowest BCUT2D eigenvalue weighted by atomic mass is 9.98. The zero-order chi connectivity index (χ0) is 19.9. The van der Waals surface area contributed by atoms with Gasteiger partial charge in [-0.3, -0.25) is 19.9 Å². The molecule has 1 N–H and O–H groups in total. The van der Waals surface area contributed by atoms with E-state index < -0.39 is 4.92 Å². The number of pyridine rings is 1. The predicted molar refractivity (Wildman–Crippen MR) is 102 cm³/mol. The summed E-state index contributed by atoms with van der Waals surface area (Å²) >= 11 is 0. The Balaban J connectivity index is 1.82. The van der Waals surface area contributed by atoms with Gasteiger partial charge in [-0.2, -0.15) is 0 Å². The first kappa shape index (κ1) is 19.5. The van der Waals surface area contributed by atoms with Gasteiger partial charge in [0.2, 0.25) is 11.6 Å². The molecule has 1 fully saturated rings. The van der Waals surface area contributed by atoms with E-state index in [9.17, 15) is 14.9 Å². The Morgan fingerprint density at radius 3 is 3.04 bits per heavy atom. The Morgan fingerprint density at radius 2 is 2.32 bits per heavy atom. The normalized spacial score (nSPS) is 16.5. The molecule has 0 aromatic carbocycles. The van der Waals surface area contributed by atoms with Gasteiger partial charge in [-0.25, -0.2) is 9.97 Å². The van der Waals surface area contributed by atoms with E-state index in [0.29, 0.717) is 32.7 Å². The van der Waals surface area contributed by atoms with E-state index in [1.54, 1.807) is 30.3 Å². The smallest absolute Gasteiger partial charge is 0.353 e. The minimum Gasteiger partial charge on any atom is -0.466 e. The highest BCUT2D eigenvalue weighted by atomic mass is 16.6. The third-order valence-corrected chi connectivity index (χ3v) is 4.51. The topological polar surface area (TPSA) is 123 Å². The van der Waals surface area contributed by atoms with Crippen molar-refractivity contribution in [3.63, 3.8) is 0 Å². The lowest BCUT2D eigenvalue weighted by Gasteiger charge is -2.32. The van der Waals surface area contributed by atoms with Crippen LogP contribution in [0.3, 0.4) is 0 Å². The standard InChI is InChI=1S/C18H22N6O4/c1-2-28-18(25)14-6-4-8-23(11-14)17-15(24(26)27)16(21-12-22-17)20-10-13-5-3-7-19-9-13/h3,5,7,9,12,14H,2,4,6,8,10-11H2,1H3,(H,20,21,22). The molecular formula is C18H22N6O4. The molecule has 0 spiro atoms. The molecule has 1 aliphatic rings. The first-order valence-corrected chi connectivity index (χ1v) is 9.14. The van der Waals surface area contributed by atoms with Crippen LogP contribution in [0.4, 0.5) is 17.3 Å². The number of hydrogen-bond donors (Lipinski definition) is 1. The first-order valence-electron chi connectivity index (χ1n) is 9.14. The number of esters is 1. The van der Waals surface area contributed by atoms with Crippen molar-refractivity contribution in [3.8, 4) is 0 Å². The van der Waals surface area contributed by atoms with Crippen LogP contribution >= 0.6 is 0 Å². The molecule has 0 bridgehead atoms. The van der Waals surface area contributed by atoms with E-state index >= 15 is 0 Å². The van der Waals surface area contributed by atoms with Crippen LogP contribution in [-0.4, -0.2) is 45.5 Å². The number of nitro groups is 1. The van der Waals surface area contributed by atoms with Gasteiger partial charge in [-0.15, -0.1) is 0 Å². The number of anilines is 2. The molecule has 0 radical (unpaired) electrons. The first-order chi connectivity index (χ1) is 13.6. The lowest BCUT2D eigenvalue weighted by molar-refractivity contribution is -0.383.